The number of rotatable bonds is 5. The first kappa shape index (κ1) is 17.4. The van der Waals surface area contributed by atoms with Crippen molar-refractivity contribution in [2.45, 2.75) is 20.0 Å². The summed E-state index contributed by atoms with van der Waals surface area (Å²) in [7, 11) is 0. The molecule has 0 bridgehead atoms. The number of nitro groups is 1. The van der Waals surface area contributed by atoms with E-state index in [0.717, 1.165) is 16.3 Å². The SMILES string of the molecule is Cc1ccc(O[C@@H](C)C(=O)Nc2ccc3ccccc3c2)c([N+](=O)[O-])c1. The van der Waals surface area contributed by atoms with E-state index in [1.807, 2.05) is 36.4 Å². The van der Waals surface area contributed by atoms with Crippen molar-refractivity contribution in [2.24, 2.45) is 0 Å². The largest absolute Gasteiger partial charge is 0.474 e. The summed E-state index contributed by atoms with van der Waals surface area (Å²) in [5, 5.41) is 16.0. The summed E-state index contributed by atoms with van der Waals surface area (Å²) in [6.45, 7) is 3.31. The molecule has 1 N–H and O–H groups in total. The lowest BCUT2D eigenvalue weighted by atomic mass is 10.1. The number of nitrogens with zero attached hydrogens (tertiary/aromatic N) is 1. The van der Waals surface area contributed by atoms with Crippen molar-refractivity contribution >= 4 is 28.1 Å². The van der Waals surface area contributed by atoms with Crippen molar-refractivity contribution in [3.63, 3.8) is 0 Å². The van der Waals surface area contributed by atoms with Crippen LogP contribution in [0.25, 0.3) is 10.8 Å². The van der Waals surface area contributed by atoms with Crippen LogP contribution in [-0.2, 0) is 4.79 Å². The summed E-state index contributed by atoms with van der Waals surface area (Å²) in [6.07, 6.45) is -0.886. The van der Waals surface area contributed by atoms with Gasteiger partial charge in [-0.05, 0) is 48.4 Å². The van der Waals surface area contributed by atoms with Gasteiger partial charge in [-0.25, -0.2) is 0 Å². The number of carbonyl (C=O) groups excluding carboxylic acids is 1. The summed E-state index contributed by atoms with van der Waals surface area (Å²) in [6, 6.07) is 18.1. The molecular weight excluding hydrogens is 332 g/mol. The Hall–Kier alpha value is -3.41. The zero-order valence-electron chi connectivity index (χ0n) is 14.4. The Kier molecular flexibility index (Phi) is 4.84. The van der Waals surface area contributed by atoms with E-state index in [4.69, 9.17) is 4.74 Å². The molecule has 0 aliphatic rings. The first-order valence-corrected chi connectivity index (χ1v) is 8.15. The maximum absolute atomic E-state index is 12.4. The highest BCUT2D eigenvalue weighted by Crippen LogP contribution is 2.29. The fourth-order valence-corrected chi connectivity index (χ4v) is 2.62. The highest BCUT2D eigenvalue weighted by Gasteiger charge is 2.21. The number of carbonyl (C=O) groups is 1. The highest BCUT2D eigenvalue weighted by molar-refractivity contribution is 5.96. The van der Waals surface area contributed by atoms with Crippen LogP contribution in [0.2, 0.25) is 0 Å². The molecule has 0 fully saturated rings. The number of anilines is 1. The van der Waals surface area contributed by atoms with Gasteiger partial charge in [-0.1, -0.05) is 36.4 Å². The summed E-state index contributed by atoms with van der Waals surface area (Å²) >= 11 is 0. The second kappa shape index (κ2) is 7.23. The molecule has 3 aromatic rings. The lowest BCUT2D eigenvalue weighted by Crippen LogP contribution is -2.30. The monoisotopic (exact) mass is 350 g/mol. The molecule has 0 saturated carbocycles. The number of benzene rings is 3. The molecule has 0 spiro atoms. The zero-order valence-corrected chi connectivity index (χ0v) is 14.4. The van der Waals surface area contributed by atoms with Crippen LogP contribution >= 0.6 is 0 Å². The van der Waals surface area contributed by atoms with Gasteiger partial charge in [-0.3, -0.25) is 14.9 Å². The minimum absolute atomic E-state index is 0.0711. The van der Waals surface area contributed by atoms with E-state index >= 15 is 0 Å². The van der Waals surface area contributed by atoms with E-state index < -0.39 is 11.0 Å². The number of nitro benzene ring substituents is 1. The van der Waals surface area contributed by atoms with Crippen molar-refractivity contribution in [1.29, 1.82) is 0 Å². The van der Waals surface area contributed by atoms with Crippen LogP contribution in [0.5, 0.6) is 5.75 Å². The van der Waals surface area contributed by atoms with Gasteiger partial charge in [0.1, 0.15) is 0 Å². The molecule has 1 atom stereocenters. The van der Waals surface area contributed by atoms with Gasteiger partial charge in [0.15, 0.2) is 11.9 Å². The normalized spacial score (nSPS) is 11.8. The van der Waals surface area contributed by atoms with Crippen LogP contribution in [0.1, 0.15) is 12.5 Å². The van der Waals surface area contributed by atoms with E-state index in [2.05, 4.69) is 5.32 Å². The van der Waals surface area contributed by atoms with Crippen LogP contribution < -0.4 is 10.1 Å². The second-order valence-electron chi connectivity index (χ2n) is 6.04. The number of nitrogens with one attached hydrogen (secondary N) is 1. The molecular formula is C20H18N2O4. The van der Waals surface area contributed by atoms with Crippen molar-refractivity contribution in [3.05, 3.63) is 76.3 Å². The Morgan fingerprint density at radius 2 is 1.81 bits per heavy atom. The third-order valence-electron chi connectivity index (χ3n) is 4.00. The highest BCUT2D eigenvalue weighted by atomic mass is 16.6. The van der Waals surface area contributed by atoms with E-state index in [0.29, 0.717) is 5.69 Å². The average Bonchev–Trinajstić information content (AvgIpc) is 2.62. The predicted molar refractivity (Wildman–Crippen MR) is 101 cm³/mol. The summed E-state index contributed by atoms with van der Waals surface area (Å²) < 4.78 is 5.53. The van der Waals surface area contributed by atoms with Gasteiger partial charge in [0.25, 0.3) is 5.91 Å². The summed E-state index contributed by atoms with van der Waals surface area (Å²) in [5.41, 5.74) is 1.23. The minimum atomic E-state index is -0.886. The Bertz CT molecular complexity index is 984. The van der Waals surface area contributed by atoms with Gasteiger partial charge in [0, 0.05) is 11.8 Å². The van der Waals surface area contributed by atoms with E-state index in [1.165, 1.54) is 12.1 Å². The Morgan fingerprint density at radius 3 is 2.54 bits per heavy atom. The maximum Gasteiger partial charge on any atom is 0.311 e. The number of aryl methyl sites for hydroxylation is 1. The zero-order chi connectivity index (χ0) is 18.7. The van der Waals surface area contributed by atoms with Gasteiger partial charge < -0.3 is 10.1 Å². The molecule has 0 unspecified atom stereocenters. The Labute approximate surface area is 150 Å². The summed E-state index contributed by atoms with van der Waals surface area (Å²) in [5.74, 6) is -0.308. The second-order valence-corrected chi connectivity index (χ2v) is 6.04. The standard InChI is InChI=1S/C20H18N2O4/c1-13-7-10-19(18(11-13)22(24)25)26-14(2)20(23)21-17-9-8-15-5-3-4-6-16(15)12-17/h3-12,14H,1-2H3,(H,21,23)/t14-/m0/s1. The van der Waals surface area contributed by atoms with Gasteiger partial charge in [-0.2, -0.15) is 0 Å². The smallest absolute Gasteiger partial charge is 0.311 e. The first-order valence-electron chi connectivity index (χ1n) is 8.15. The molecule has 132 valence electrons. The molecule has 3 rings (SSSR count). The lowest BCUT2D eigenvalue weighted by molar-refractivity contribution is -0.386. The molecule has 0 heterocycles. The topological polar surface area (TPSA) is 81.5 Å². The first-order chi connectivity index (χ1) is 12.4. The summed E-state index contributed by atoms with van der Waals surface area (Å²) in [4.78, 5) is 23.0. The molecule has 0 aliphatic carbocycles. The van der Waals surface area contributed by atoms with E-state index in [-0.39, 0.29) is 17.3 Å². The number of hydrogen-bond acceptors (Lipinski definition) is 4. The van der Waals surface area contributed by atoms with Crippen LogP contribution in [0, 0.1) is 17.0 Å². The molecule has 0 saturated heterocycles. The van der Waals surface area contributed by atoms with Gasteiger partial charge in [0.2, 0.25) is 0 Å². The van der Waals surface area contributed by atoms with Crippen molar-refractivity contribution in [3.8, 4) is 5.75 Å². The molecule has 6 heteroatoms. The molecule has 0 radical (unpaired) electrons. The quantitative estimate of drug-likeness (QED) is 0.544. The maximum atomic E-state index is 12.4. The third kappa shape index (κ3) is 3.80. The van der Waals surface area contributed by atoms with Gasteiger partial charge >= 0.3 is 5.69 Å². The average molecular weight is 350 g/mol. The van der Waals surface area contributed by atoms with Crippen LogP contribution in [0.4, 0.5) is 11.4 Å². The third-order valence-corrected chi connectivity index (χ3v) is 4.00. The van der Waals surface area contributed by atoms with E-state index in [9.17, 15) is 14.9 Å². The molecule has 0 aromatic heterocycles. The molecule has 3 aromatic carbocycles. The van der Waals surface area contributed by atoms with Crippen LogP contribution in [0.3, 0.4) is 0 Å². The molecule has 1 amide bonds. The minimum Gasteiger partial charge on any atom is -0.474 e. The van der Waals surface area contributed by atoms with Crippen LogP contribution in [0.15, 0.2) is 60.7 Å². The van der Waals surface area contributed by atoms with Crippen molar-refractivity contribution < 1.29 is 14.5 Å². The van der Waals surface area contributed by atoms with Gasteiger partial charge in [0.05, 0.1) is 4.92 Å². The Balaban J connectivity index is 1.74. The number of fused-ring (bicyclic) bond motifs is 1. The predicted octanol–water partition coefficient (Wildman–Crippen LogP) is 4.46. The van der Waals surface area contributed by atoms with Gasteiger partial charge in [-0.15, -0.1) is 0 Å². The molecule has 6 nitrogen and oxygen atoms in total. The molecule has 26 heavy (non-hydrogen) atoms. The lowest BCUT2D eigenvalue weighted by Gasteiger charge is -2.15. The fourth-order valence-electron chi connectivity index (χ4n) is 2.62. The number of ether oxygens (including phenoxy) is 1. The van der Waals surface area contributed by atoms with Crippen molar-refractivity contribution in [2.75, 3.05) is 5.32 Å². The van der Waals surface area contributed by atoms with E-state index in [1.54, 1.807) is 26.0 Å². The fraction of sp³-hybridized carbons (Fsp3) is 0.150. The Morgan fingerprint density at radius 1 is 1.08 bits per heavy atom. The number of amides is 1. The van der Waals surface area contributed by atoms with Crippen LogP contribution in [-0.4, -0.2) is 16.9 Å². The molecule has 0 aliphatic heterocycles. The number of hydrogen-bond donors (Lipinski definition) is 1. The van der Waals surface area contributed by atoms with Crippen molar-refractivity contribution in [1.82, 2.24) is 0 Å².